The summed E-state index contributed by atoms with van der Waals surface area (Å²) >= 11 is 3.49. The zero-order chi connectivity index (χ0) is 16.1. The summed E-state index contributed by atoms with van der Waals surface area (Å²) in [5, 5.41) is 3.00. The average Bonchev–Trinajstić information content (AvgIpc) is 2.50. The highest BCUT2D eigenvalue weighted by Gasteiger charge is 2.22. The van der Waals surface area contributed by atoms with Crippen LogP contribution >= 0.6 is 15.9 Å². The first-order chi connectivity index (χ1) is 10.5. The summed E-state index contributed by atoms with van der Waals surface area (Å²) in [5.74, 6) is 0.0259. The number of rotatable bonds is 5. The maximum Gasteiger partial charge on any atom is 0.282 e. The third kappa shape index (κ3) is 4.42. The second-order valence-corrected chi connectivity index (χ2v) is 6.56. The van der Waals surface area contributed by atoms with E-state index in [1.807, 2.05) is 57.3 Å². The van der Waals surface area contributed by atoms with Crippen LogP contribution in [0.25, 0.3) is 0 Å². The molecule has 4 heteroatoms. The molecule has 0 radical (unpaired) electrons. The fourth-order valence-electron chi connectivity index (χ4n) is 2.26. The van der Waals surface area contributed by atoms with Crippen molar-refractivity contribution in [1.82, 2.24) is 0 Å². The molecule has 0 heterocycles. The number of halogens is 1. The highest BCUT2D eigenvalue weighted by molar-refractivity contribution is 9.10. The van der Waals surface area contributed by atoms with E-state index < -0.39 is 0 Å². The van der Waals surface area contributed by atoms with Gasteiger partial charge in [0.25, 0.3) is 5.91 Å². The molecule has 22 heavy (non-hydrogen) atoms. The van der Waals surface area contributed by atoms with Crippen molar-refractivity contribution in [2.75, 3.05) is 12.4 Å². The topological polar surface area (TPSA) is 33.5 Å². The Bertz CT molecular complexity index is 643. The number of quaternary nitrogens is 1. The van der Waals surface area contributed by atoms with Gasteiger partial charge in [-0.25, -0.2) is 0 Å². The fraction of sp³-hybridized carbons (Fsp3) is 0.278. The predicted octanol–water partition coefficient (Wildman–Crippen LogP) is 2.80. The van der Waals surface area contributed by atoms with Crippen molar-refractivity contribution in [3.63, 3.8) is 0 Å². The highest BCUT2D eigenvalue weighted by atomic mass is 79.9. The first kappa shape index (κ1) is 16.7. The van der Waals surface area contributed by atoms with Crippen molar-refractivity contribution < 1.29 is 9.69 Å². The molecule has 0 saturated heterocycles. The standard InChI is InChI=1S/C18H21BrN2O/c1-13-9-10-17(16(19)11-13)20-18(22)14(2)21(3)12-15-7-5-4-6-8-15/h4-11,14H,12H2,1-3H3,(H,20,22)/p+1/t14-/m1/s1. The number of benzene rings is 2. The Labute approximate surface area is 140 Å². The SMILES string of the molecule is Cc1ccc(NC(=O)[C@@H](C)[NH+](C)Cc2ccccc2)c(Br)c1. The number of carbonyl (C=O) groups excluding carboxylic acids is 1. The zero-order valence-corrected chi connectivity index (χ0v) is 14.8. The lowest BCUT2D eigenvalue weighted by Gasteiger charge is -2.21. The van der Waals surface area contributed by atoms with Gasteiger partial charge in [-0.2, -0.15) is 0 Å². The summed E-state index contributed by atoms with van der Waals surface area (Å²) in [4.78, 5) is 13.6. The number of nitrogens with one attached hydrogen (secondary N) is 2. The van der Waals surface area contributed by atoms with Crippen molar-refractivity contribution in [2.24, 2.45) is 0 Å². The average molecular weight is 362 g/mol. The quantitative estimate of drug-likeness (QED) is 0.843. The Morgan fingerprint density at radius 2 is 1.91 bits per heavy atom. The monoisotopic (exact) mass is 361 g/mol. The molecule has 0 aliphatic heterocycles. The minimum absolute atomic E-state index is 0.0259. The molecule has 0 aliphatic rings. The molecule has 0 aromatic heterocycles. The summed E-state index contributed by atoms with van der Waals surface area (Å²) in [5.41, 5.74) is 3.20. The molecule has 3 nitrogen and oxygen atoms in total. The zero-order valence-electron chi connectivity index (χ0n) is 13.2. The number of hydrogen-bond donors (Lipinski definition) is 2. The molecule has 0 fully saturated rings. The van der Waals surface area contributed by atoms with Crippen LogP contribution in [0, 0.1) is 6.92 Å². The first-order valence-corrected chi connectivity index (χ1v) is 8.20. The van der Waals surface area contributed by atoms with Gasteiger partial charge in [-0.3, -0.25) is 4.79 Å². The normalized spacial score (nSPS) is 13.5. The van der Waals surface area contributed by atoms with Crippen molar-refractivity contribution in [3.8, 4) is 0 Å². The molecule has 0 aliphatic carbocycles. The van der Waals surface area contributed by atoms with Gasteiger partial charge >= 0.3 is 0 Å². The summed E-state index contributed by atoms with van der Waals surface area (Å²) < 4.78 is 0.911. The third-order valence-corrected chi connectivity index (χ3v) is 4.50. The molecule has 1 unspecified atom stereocenters. The van der Waals surface area contributed by atoms with E-state index in [0.717, 1.165) is 27.2 Å². The van der Waals surface area contributed by atoms with Crippen LogP contribution in [0.5, 0.6) is 0 Å². The van der Waals surface area contributed by atoms with Crippen LogP contribution in [0.3, 0.4) is 0 Å². The number of anilines is 1. The van der Waals surface area contributed by atoms with E-state index in [2.05, 4.69) is 33.4 Å². The molecule has 0 spiro atoms. The molecule has 0 bridgehead atoms. The lowest BCUT2D eigenvalue weighted by molar-refractivity contribution is -0.907. The number of amides is 1. The Morgan fingerprint density at radius 3 is 2.55 bits per heavy atom. The van der Waals surface area contributed by atoms with Gasteiger partial charge in [0, 0.05) is 10.0 Å². The smallest absolute Gasteiger partial charge is 0.282 e. The van der Waals surface area contributed by atoms with E-state index in [1.165, 1.54) is 5.56 Å². The van der Waals surface area contributed by atoms with Gasteiger partial charge in [0.15, 0.2) is 6.04 Å². The lowest BCUT2D eigenvalue weighted by Crippen LogP contribution is -3.12. The van der Waals surface area contributed by atoms with Crippen LogP contribution in [0.15, 0.2) is 53.0 Å². The van der Waals surface area contributed by atoms with Gasteiger partial charge in [0.2, 0.25) is 0 Å². The van der Waals surface area contributed by atoms with Crippen molar-refractivity contribution in [3.05, 3.63) is 64.1 Å². The molecule has 1 amide bonds. The summed E-state index contributed by atoms with van der Waals surface area (Å²) in [6.07, 6.45) is 0. The second kappa shape index (κ2) is 7.56. The summed E-state index contributed by atoms with van der Waals surface area (Å²) in [6.45, 7) is 4.80. The van der Waals surface area contributed by atoms with Crippen LogP contribution < -0.4 is 10.2 Å². The van der Waals surface area contributed by atoms with E-state index in [-0.39, 0.29) is 11.9 Å². The minimum atomic E-state index is -0.131. The largest absolute Gasteiger partial charge is 0.324 e. The molecule has 2 N–H and O–H groups in total. The van der Waals surface area contributed by atoms with Gasteiger partial charge in [0.05, 0.1) is 12.7 Å². The van der Waals surface area contributed by atoms with E-state index in [1.54, 1.807) is 0 Å². The maximum atomic E-state index is 12.4. The Hall–Kier alpha value is -1.65. The van der Waals surface area contributed by atoms with Gasteiger partial charge in [-0.1, -0.05) is 36.4 Å². The lowest BCUT2D eigenvalue weighted by atomic mass is 10.2. The van der Waals surface area contributed by atoms with E-state index in [9.17, 15) is 4.79 Å². The number of hydrogen-bond acceptors (Lipinski definition) is 1. The minimum Gasteiger partial charge on any atom is -0.324 e. The first-order valence-electron chi connectivity index (χ1n) is 7.40. The second-order valence-electron chi connectivity index (χ2n) is 5.70. The van der Waals surface area contributed by atoms with Crippen LogP contribution in [0.1, 0.15) is 18.1 Å². The molecule has 2 aromatic carbocycles. The van der Waals surface area contributed by atoms with Gasteiger partial charge in [0.1, 0.15) is 6.54 Å². The van der Waals surface area contributed by atoms with Gasteiger partial charge in [-0.15, -0.1) is 0 Å². The Kier molecular flexibility index (Phi) is 5.75. The van der Waals surface area contributed by atoms with Gasteiger partial charge < -0.3 is 10.2 Å². The Balaban J connectivity index is 1.99. The van der Waals surface area contributed by atoms with Crippen LogP contribution in [-0.2, 0) is 11.3 Å². The molecule has 2 aromatic rings. The van der Waals surface area contributed by atoms with Crippen LogP contribution in [0.2, 0.25) is 0 Å². The molecule has 2 atom stereocenters. The fourth-order valence-corrected chi connectivity index (χ4v) is 2.85. The molecule has 0 saturated carbocycles. The van der Waals surface area contributed by atoms with Crippen molar-refractivity contribution in [2.45, 2.75) is 26.4 Å². The Morgan fingerprint density at radius 1 is 1.23 bits per heavy atom. The predicted molar refractivity (Wildman–Crippen MR) is 94.0 cm³/mol. The maximum absolute atomic E-state index is 12.4. The van der Waals surface area contributed by atoms with Gasteiger partial charge in [-0.05, 0) is 47.5 Å². The van der Waals surface area contributed by atoms with Crippen LogP contribution in [0.4, 0.5) is 5.69 Å². The summed E-state index contributed by atoms with van der Waals surface area (Å²) in [6, 6.07) is 16.0. The number of likely N-dealkylation sites (N-methyl/N-ethyl adjacent to an activating group) is 1. The molecule has 116 valence electrons. The molecular weight excluding hydrogens is 340 g/mol. The molecular formula is C18H22BrN2O+. The number of aryl methyl sites for hydroxylation is 1. The summed E-state index contributed by atoms with van der Waals surface area (Å²) in [7, 11) is 2.04. The van der Waals surface area contributed by atoms with E-state index in [0.29, 0.717) is 0 Å². The van der Waals surface area contributed by atoms with Crippen LogP contribution in [-0.4, -0.2) is 19.0 Å². The third-order valence-electron chi connectivity index (χ3n) is 3.84. The van der Waals surface area contributed by atoms with Crippen molar-refractivity contribution in [1.29, 1.82) is 0 Å². The van der Waals surface area contributed by atoms with E-state index >= 15 is 0 Å². The van der Waals surface area contributed by atoms with Crippen molar-refractivity contribution >= 4 is 27.5 Å². The number of carbonyl (C=O) groups is 1. The van der Waals surface area contributed by atoms with E-state index in [4.69, 9.17) is 0 Å². The highest BCUT2D eigenvalue weighted by Crippen LogP contribution is 2.23. The molecule has 2 rings (SSSR count).